The summed E-state index contributed by atoms with van der Waals surface area (Å²) in [6.45, 7) is 2.03. The molecule has 2 aromatic rings. The second-order valence-corrected chi connectivity index (χ2v) is 5.32. The summed E-state index contributed by atoms with van der Waals surface area (Å²) in [6.07, 6.45) is -4.15. The van der Waals surface area contributed by atoms with Gasteiger partial charge in [0.05, 0.1) is 18.5 Å². The van der Waals surface area contributed by atoms with Crippen molar-refractivity contribution in [1.82, 2.24) is 5.32 Å². The first kappa shape index (κ1) is 17.6. The summed E-state index contributed by atoms with van der Waals surface area (Å²) < 4.78 is 37.8. The number of hydrogen-bond acceptors (Lipinski definition) is 1. The fraction of sp³-hybridized carbons (Fsp3) is 0.211. The number of carbonyl (C=O) groups is 1. The van der Waals surface area contributed by atoms with E-state index in [0.29, 0.717) is 0 Å². The van der Waals surface area contributed by atoms with E-state index in [2.05, 4.69) is 17.2 Å². The summed E-state index contributed by atoms with van der Waals surface area (Å²) in [4.78, 5) is 11.8. The second kappa shape index (κ2) is 7.69. The predicted molar refractivity (Wildman–Crippen MR) is 86.2 cm³/mol. The van der Waals surface area contributed by atoms with E-state index < -0.39 is 11.7 Å². The highest BCUT2D eigenvalue weighted by molar-refractivity contribution is 5.78. The van der Waals surface area contributed by atoms with Gasteiger partial charge in [0, 0.05) is 5.56 Å². The molecule has 1 amide bonds. The molecule has 2 aromatic carbocycles. The van der Waals surface area contributed by atoms with E-state index in [-0.39, 0.29) is 24.4 Å². The number of halogens is 3. The van der Waals surface area contributed by atoms with Gasteiger partial charge in [0.2, 0.25) is 5.91 Å². The Hall–Kier alpha value is -2.74. The lowest BCUT2D eigenvalue weighted by Gasteiger charge is -2.05. The molecule has 2 nitrogen and oxygen atoms in total. The fourth-order valence-corrected chi connectivity index (χ4v) is 2.13. The van der Waals surface area contributed by atoms with Crippen molar-refractivity contribution in [2.75, 3.05) is 6.54 Å². The Bertz CT molecular complexity index is 785. The molecule has 24 heavy (non-hydrogen) atoms. The Labute approximate surface area is 138 Å². The third kappa shape index (κ3) is 5.47. The van der Waals surface area contributed by atoms with Crippen molar-refractivity contribution in [2.24, 2.45) is 0 Å². The standard InChI is InChI=1S/C19H16F3NO/c1-14-5-2-7-16(11-14)13-18(24)23-10-4-8-15-6-3-9-17(12-15)19(20,21)22/h2-3,5-7,9,11-12H,10,13H2,1H3,(H,23,24). The van der Waals surface area contributed by atoms with E-state index in [4.69, 9.17) is 0 Å². The molecule has 0 radical (unpaired) electrons. The first-order valence-corrected chi connectivity index (χ1v) is 7.33. The van der Waals surface area contributed by atoms with Crippen LogP contribution in [0.5, 0.6) is 0 Å². The zero-order valence-corrected chi connectivity index (χ0v) is 13.1. The van der Waals surface area contributed by atoms with Gasteiger partial charge in [0.15, 0.2) is 0 Å². The zero-order valence-electron chi connectivity index (χ0n) is 13.1. The summed E-state index contributed by atoms with van der Waals surface area (Å²) in [7, 11) is 0. The third-order valence-electron chi connectivity index (χ3n) is 3.24. The maximum Gasteiger partial charge on any atom is 0.416 e. The first-order valence-electron chi connectivity index (χ1n) is 7.33. The quantitative estimate of drug-likeness (QED) is 0.853. The Morgan fingerprint density at radius 3 is 2.58 bits per heavy atom. The molecular formula is C19H16F3NO. The molecule has 0 bridgehead atoms. The van der Waals surface area contributed by atoms with Crippen molar-refractivity contribution < 1.29 is 18.0 Å². The van der Waals surface area contributed by atoms with Gasteiger partial charge < -0.3 is 5.32 Å². The minimum absolute atomic E-state index is 0.0842. The number of alkyl halides is 3. The molecule has 0 spiro atoms. The topological polar surface area (TPSA) is 29.1 Å². The van der Waals surface area contributed by atoms with Gasteiger partial charge in [-0.3, -0.25) is 4.79 Å². The highest BCUT2D eigenvalue weighted by Crippen LogP contribution is 2.29. The van der Waals surface area contributed by atoms with Crippen LogP contribution in [0.15, 0.2) is 48.5 Å². The van der Waals surface area contributed by atoms with Crippen molar-refractivity contribution in [2.45, 2.75) is 19.5 Å². The van der Waals surface area contributed by atoms with Gasteiger partial charge in [-0.1, -0.05) is 47.7 Å². The molecule has 0 aliphatic carbocycles. The molecule has 0 aliphatic rings. The van der Waals surface area contributed by atoms with Gasteiger partial charge in [-0.2, -0.15) is 13.2 Å². The van der Waals surface area contributed by atoms with Crippen molar-refractivity contribution in [3.63, 3.8) is 0 Å². The maximum atomic E-state index is 12.6. The largest absolute Gasteiger partial charge is 0.416 e. The Morgan fingerprint density at radius 2 is 1.88 bits per heavy atom. The fourth-order valence-electron chi connectivity index (χ4n) is 2.13. The van der Waals surface area contributed by atoms with E-state index in [1.165, 1.54) is 12.1 Å². The van der Waals surface area contributed by atoms with Gasteiger partial charge >= 0.3 is 6.18 Å². The van der Waals surface area contributed by atoms with Crippen molar-refractivity contribution in [1.29, 1.82) is 0 Å². The molecule has 0 heterocycles. The molecule has 0 saturated heterocycles. The molecule has 2 rings (SSSR count). The number of nitrogens with one attached hydrogen (secondary N) is 1. The molecule has 0 aromatic heterocycles. The summed E-state index contributed by atoms with van der Waals surface area (Å²) >= 11 is 0. The molecule has 0 unspecified atom stereocenters. The van der Waals surface area contributed by atoms with Crippen LogP contribution >= 0.6 is 0 Å². The van der Waals surface area contributed by atoms with Crippen LogP contribution in [0.1, 0.15) is 22.3 Å². The Kier molecular flexibility index (Phi) is 5.64. The van der Waals surface area contributed by atoms with Crippen molar-refractivity contribution >= 4 is 5.91 Å². The molecule has 124 valence electrons. The maximum absolute atomic E-state index is 12.6. The van der Waals surface area contributed by atoms with Crippen LogP contribution < -0.4 is 5.32 Å². The van der Waals surface area contributed by atoms with E-state index in [1.54, 1.807) is 0 Å². The highest BCUT2D eigenvalue weighted by atomic mass is 19.4. The number of rotatable bonds is 3. The molecule has 0 fully saturated rings. The number of hydrogen-bond donors (Lipinski definition) is 1. The smallest absolute Gasteiger partial charge is 0.345 e. The van der Waals surface area contributed by atoms with Gasteiger partial charge in [-0.15, -0.1) is 0 Å². The number of aryl methyl sites for hydroxylation is 1. The van der Waals surface area contributed by atoms with Crippen LogP contribution in [0.3, 0.4) is 0 Å². The summed E-state index contributed by atoms with van der Waals surface area (Å²) in [5.74, 6) is 5.10. The molecule has 5 heteroatoms. The van der Waals surface area contributed by atoms with Crippen LogP contribution in [-0.2, 0) is 17.4 Å². The van der Waals surface area contributed by atoms with Crippen LogP contribution in [0.2, 0.25) is 0 Å². The van der Waals surface area contributed by atoms with E-state index in [1.807, 2.05) is 31.2 Å². The van der Waals surface area contributed by atoms with Crippen LogP contribution in [-0.4, -0.2) is 12.5 Å². The number of amides is 1. The minimum Gasteiger partial charge on any atom is -0.345 e. The summed E-state index contributed by atoms with van der Waals surface area (Å²) in [6, 6.07) is 12.4. The SMILES string of the molecule is Cc1cccc(CC(=O)NCC#Cc2cccc(C(F)(F)F)c2)c1. The van der Waals surface area contributed by atoms with Crippen LogP contribution in [0, 0.1) is 18.8 Å². The van der Waals surface area contributed by atoms with Crippen molar-refractivity contribution in [3.05, 3.63) is 70.8 Å². The molecular weight excluding hydrogens is 315 g/mol. The molecule has 1 N–H and O–H groups in total. The van der Waals surface area contributed by atoms with Crippen LogP contribution in [0.4, 0.5) is 13.2 Å². The minimum atomic E-state index is -4.39. The highest BCUT2D eigenvalue weighted by Gasteiger charge is 2.30. The number of benzene rings is 2. The second-order valence-electron chi connectivity index (χ2n) is 5.32. The van der Waals surface area contributed by atoms with Gasteiger partial charge in [-0.05, 0) is 30.7 Å². The third-order valence-corrected chi connectivity index (χ3v) is 3.24. The average molecular weight is 331 g/mol. The lowest BCUT2D eigenvalue weighted by atomic mass is 10.1. The molecule has 0 aliphatic heterocycles. The van der Waals surface area contributed by atoms with Gasteiger partial charge in [0.1, 0.15) is 0 Å². The monoisotopic (exact) mass is 331 g/mol. The summed E-state index contributed by atoms with van der Waals surface area (Å²) in [5.41, 5.74) is 1.50. The number of carbonyl (C=O) groups excluding carboxylic acids is 1. The Balaban J connectivity index is 1.89. The zero-order chi connectivity index (χ0) is 17.6. The lowest BCUT2D eigenvalue weighted by Crippen LogP contribution is -2.25. The van der Waals surface area contributed by atoms with Crippen molar-refractivity contribution in [3.8, 4) is 11.8 Å². The normalized spacial score (nSPS) is 10.7. The van der Waals surface area contributed by atoms with E-state index in [9.17, 15) is 18.0 Å². The average Bonchev–Trinajstić information content (AvgIpc) is 2.51. The Morgan fingerprint density at radius 1 is 1.12 bits per heavy atom. The van der Waals surface area contributed by atoms with Gasteiger partial charge in [-0.25, -0.2) is 0 Å². The molecule has 0 atom stereocenters. The summed E-state index contributed by atoms with van der Waals surface area (Å²) in [5, 5.41) is 2.63. The first-order chi connectivity index (χ1) is 11.3. The van der Waals surface area contributed by atoms with Crippen LogP contribution in [0.25, 0.3) is 0 Å². The lowest BCUT2D eigenvalue weighted by molar-refractivity contribution is -0.137. The van der Waals surface area contributed by atoms with E-state index in [0.717, 1.165) is 23.3 Å². The predicted octanol–water partition coefficient (Wildman–Crippen LogP) is 3.72. The van der Waals surface area contributed by atoms with E-state index >= 15 is 0 Å². The van der Waals surface area contributed by atoms with Gasteiger partial charge in [0.25, 0.3) is 0 Å². The molecule has 0 saturated carbocycles.